The van der Waals surface area contributed by atoms with Crippen LogP contribution in [0.1, 0.15) is 44.9 Å². The van der Waals surface area contributed by atoms with Crippen molar-refractivity contribution < 1.29 is 14.3 Å². The molecule has 0 bridgehead atoms. The van der Waals surface area contributed by atoms with Crippen molar-refractivity contribution in [3.8, 4) is 0 Å². The van der Waals surface area contributed by atoms with Crippen LogP contribution in [0.5, 0.6) is 0 Å². The third kappa shape index (κ3) is 4.42. The summed E-state index contributed by atoms with van der Waals surface area (Å²) in [7, 11) is 0. The van der Waals surface area contributed by atoms with Crippen molar-refractivity contribution in [2.75, 3.05) is 19.7 Å². The van der Waals surface area contributed by atoms with Crippen molar-refractivity contribution in [2.24, 2.45) is 0 Å². The Balaban J connectivity index is 1.76. The average Bonchev–Trinajstić information content (AvgIpc) is 2.58. The molecular formula is C14H25FN2O2. The van der Waals surface area contributed by atoms with E-state index in [9.17, 15) is 14.3 Å². The van der Waals surface area contributed by atoms with Gasteiger partial charge in [0.05, 0.1) is 13.2 Å². The van der Waals surface area contributed by atoms with Crippen molar-refractivity contribution in [3.63, 3.8) is 0 Å². The lowest BCUT2D eigenvalue weighted by molar-refractivity contribution is -0.123. The zero-order valence-corrected chi connectivity index (χ0v) is 11.5. The number of aliphatic hydroxyl groups is 1. The molecule has 0 unspecified atom stereocenters. The van der Waals surface area contributed by atoms with Gasteiger partial charge in [-0.2, -0.15) is 0 Å². The SMILES string of the molecule is O=C(CN1C[C@@H](F)C[C@H]1CO)NC1CCCCCC1. The number of alkyl halides is 1. The van der Waals surface area contributed by atoms with Crippen LogP contribution in [-0.2, 0) is 4.79 Å². The van der Waals surface area contributed by atoms with Crippen LogP contribution >= 0.6 is 0 Å². The number of likely N-dealkylation sites (tertiary alicyclic amines) is 1. The zero-order chi connectivity index (χ0) is 13.7. The summed E-state index contributed by atoms with van der Waals surface area (Å²) < 4.78 is 13.3. The summed E-state index contributed by atoms with van der Waals surface area (Å²) in [4.78, 5) is 13.8. The fourth-order valence-electron chi connectivity index (χ4n) is 3.19. The zero-order valence-electron chi connectivity index (χ0n) is 11.5. The maximum absolute atomic E-state index is 13.3. The molecular weight excluding hydrogens is 247 g/mol. The minimum Gasteiger partial charge on any atom is -0.395 e. The molecule has 0 aromatic heterocycles. The number of halogens is 1. The molecule has 1 aliphatic carbocycles. The first-order valence-corrected chi connectivity index (χ1v) is 7.47. The minimum atomic E-state index is -0.914. The highest BCUT2D eigenvalue weighted by molar-refractivity contribution is 5.78. The van der Waals surface area contributed by atoms with Gasteiger partial charge in [0.25, 0.3) is 0 Å². The van der Waals surface area contributed by atoms with Crippen LogP contribution in [0.2, 0.25) is 0 Å². The van der Waals surface area contributed by atoms with Gasteiger partial charge >= 0.3 is 0 Å². The smallest absolute Gasteiger partial charge is 0.234 e. The van der Waals surface area contributed by atoms with Gasteiger partial charge in [0.1, 0.15) is 6.17 Å². The maximum Gasteiger partial charge on any atom is 0.234 e. The Morgan fingerprint density at radius 2 is 1.95 bits per heavy atom. The lowest BCUT2D eigenvalue weighted by Crippen LogP contribution is -2.44. The number of rotatable bonds is 4. The van der Waals surface area contributed by atoms with Gasteiger partial charge in [0.15, 0.2) is 0 Å². The van der Waals surface area contributed by atoms with Crippen molar-refractivity contribution >= 4 is 5.91 Å². The van der Waals surface area contributed by atoms with Gasteiger partial charge in [0.2, 0.25) is 5.91 Å². The van der Waals surface area contributed by atoms with E-state index in [4.69, 9.17) is 0 Å². The highest BCUT2D eigenvalue weighted by Crippen LogP contribution is 2.20. The van der Waals surface area contributed by atoms with Gasteiger partial charge in [-0.25, -0.2) is 4.39 Å². The third-order valence-electron chi connectivity index (χ3n) is 4.25. The van der Waals surface area contributed by atoms with E-state index >= 15 is 0 Å². The van der Waals surface area contributed by atoms with Crippen molar-refractivity contribution in [1.82, 2.24) is 10.2 Å². The molecule has 1 heterocycles. The number of aliphatic hydroxyl groups excluding tert-OH is 1. The Hall–Kier alpha value is -0.680. The first kappa shape index (κ1) is 14.7. The first-order chi connectivity index (χ1) is 9.19. The van der Waals surface area contributed by atoms with Crippen LogP contribution in [-0.4, -0.2) is 53.9 Å². The van der Waals surface area contributed by atoms with Gasteiger partial charge in [-0.3, -0.25) is 9.69 Å². The summed E-state index contributed by atoms with van der Waals surface area (Å²) in [5, 5.41) is 12.2. The molecule has 0 spiro atoms. The second kappa shape index (κ2) is 7.20. The molecule has 0 aromatic rings. The molecule has 1 aliphatic heterocycles. The highest BCUT2D eigenvalue weighted by atomic mass is 19.1. The molecule has 0 radical (unpaired) electrons. The van der Waals surface area contributed by atoms with E-state index in [2.05, 4.69) is 5.32 Å². The number of carbonyl (C=O) groups excluding carboxylic acids is 1. The molecule has 5 heteroatoms. The fourth-order valence-corrected chi connectivity index (χ4v) is 3.19. The van der Waals surface area contributed by atoms with Crippen LogP contribution in [0.15, 0.2) is 0 Å². The van der Waals surface area contributed by atoms with Crippen molar-refractivity contribution in [1.29, 1.82) is 0 Å². The molecule has 2 fully saturated rings. The number of hydrogen-bond donors (Lipinski definition) is 2. The van der Waals surface area contributed by atoms with Gasteiger partial charge in [-0.05, 0) is 19.3 Å². The molecule has 4 nitrogen and oxygen atoms in total. The van der Waals surface area contributed by atoms with Crippen LogP contribution in [0.25, 0.3) is 0 Å². The molecule has 1 amide bonds. The molecule has 2 rings (SSSR count). The van der Waals surface area contributed by atoms with E-state index < -0.39 is 6.17 Å². The predicted octanol–water partition coefficient (Wildman–Crippen LogP) is 1.23. The second-order valence-corrected chi connectivity index (χ2v) is 5.85. The standard InChI is InChI=1S/C14H25FN2O2/c15-11-7-13(10-18)17(8-11)9-14(19)16-12-5-3-1-2-4-6-12/h11-13,18H,1-10H2,(H,16,19)/t11-,13-/m0/s1. The van der Waals surface area contributed by atoms with Crippen LogP contribution < -0.4 is 5.32 Å². The van der Waals surface area contributed by atoms with Crippen LogP contribution in [0.4, 0.5) is 4.39 Å². The van der Waals surface area contributed by atoms with E-state index in [1.165, 1.54) is 25.7 Å². The van der Waals surface area contributed by atoms with E-state index in [1.54, 1.807) is 4.90 Å². The number of carbonyl (C=O) groups is 1. The van der Waals surface area contributed by atoms with Crippen LogP contribution in [0, 0.1) is 0 Å². The number of nitrogens with one attached hydrogen (secondary N) is 1. The molecule has 19 heavy (non-hydrogen) atoms. The summed E-state index contributed by atoms with van der Waals surface area (Å²) in [6, 6.07) is 0.0845. The Morgan fingerprint density at radius 1 is 1.26 bits per heavy atom. The number of nitrogens with zero attached hydrogens (tertiary/aromatic N) is 1. The first-order valence-electron chi connectivity index (χ1n) is 7.47. The fraction of sp³-hybridized carbons (Fsp3) is 0.929. The van der Waals surface area contributed by atoms with Crippen molar-refractivity contribution in [2.45, 2.75) is 63.2 Å². The Bertz CT molecular complexity index is 293. The normalized spacial score (nSPS) is 30.2. The summed E-state index contributed by atoms with van der Waals surface area (Å²) in [5.74, 6) is -0.0283. The van der Waals surface area contributed by atoms with Crippen molar-refractivity contribution in [3.05, 3.63) is 0 Å². The predicted molar refractivity (Wildman–Crippen MR) is 71.6 cm³/mol. The lowest BCUT2D eigenvalue weighted by atomic mass is 10.1. The maximum atomic E-state index is 13.3. The number of amides is 1. The summed E-state index contributed by atoms with van der Waals surface area (Å²) >= 11 is 0. The molecule has 1 saturated carbocycles. The van der Waals surface area contributed by atoms with E-state index in [-0.39, 0.29) is 37.7 Å². The topological polar surface area (TPSA) is 52.6 Å². The van der Waals surface area contributed by atoms with Gasteiger partial charge in [-0.15, -0.1) is 0 Å². The minimum absolute atomic E-state index is 0.0283. The molecule has 2 N–H and O–H groups in total. The Kier molecular flexibility index (Phi) is 5.58. The Labute approximate surface area is 114 Å². The molecule has 0 aromatic carbocycles. The Morgan fingerprint density at radius 3 is 2.58 bits per heavy atom. The second-order valence-electron chi connectivity index (χ2n) is 5.85. The molecule has 1 saturated heterocycles. The largest absolute Gasteiger partial charge is 0.395 e. The third-order valence-corrected chi connectivity index (χ3v) is 4.25. The number of hydrogen-bond acceptors (Lipinski definition) is 3. The van der Waals surface area contributed by atoms with E-state index in [0.717, 1.165) is 12.8 Å². The monoisotopic (exact) mass is 272 g/mol. The summed E-state index contributed by atoms with van der Waals surface area (Å²) in [5.41, 5.74) is 0. The van der Waals surface area contributed by atoms with E-state index in [1.807, 2.05) is 0 Å². The van der Waals surface area contributed by atoms with Crippen LogP contribution in [0.3, 0.4) is 0 Å². The molecule has 2 atom stereocenters. The molecule has 110 valence electrons. The van der Waals surface area contributed by atoms with Gasteiger partial charge in [0, 0.05) is 18.6 Å². The highest BCUT2D eigenvalue weighted by Gasteiger charge is 2.32. The van der Waals surface area contributed by atoms with Gasteiger partial charge < -0.3 is 10.4 Å². The summed E-state index contributed by atoms with van der Waals surface area (Å²) in [6.07, 6.45) is 6.42. The summed E-state index contributed by atoms with van der Waals surface area (Å²) in [6.45, 7) is 0.405. The average molecular weight is 272 g/mol. The lowest BCUT2D eigenvalue weighted by Gasteiger charge is -2.23. The van der Waals surface area contributed by atoms with Gasteiger partial charge in [-0.1, -0.05) is 25.7 Å². The molecule has 2 aliphatic rings. The quantitative estimate of drug-likeness (QED) is 0.757. The van der Waals surface area contributed by atoms with E-state index in [0.29, 0.717) is 6.42 Å².